The van der Waals surface area contributed by atoms with E-state index in [2.05, 4.69) is 37.9 Å². The quantitative estimate of drug-likeness (QED) is 0.329. The summed E-state index contributed by atoms with van der Waals surface area (Å²) < 4.78 is 28.1. The van der Waals surface area contributed by atoms with Gasteiger partial charge in [-0.05, 0) is 31.0 Å². The molecule has 4 nitrogen and oxygen atoms in total. The van der Waals surface area contributed by atoms with Crippen molar-refractivity contribution in [2.45, 2.75) is 75.7 Å². The molecule has 2 N–H and O–H groups in total. The number of aliphatic hydroxyl groups excluding tert-OH is 1. The van der Waals surface area contributed by atoms with Crippen LogP contribution in [0.15, 0.2) is 41.3 Å². The van der Waals surface area contributed by atoms with Gasteiger partial charge in [0.05, 0.1) is 25.6 Å². The first-order chi connectivity index (χ1) is 12.0. The van der Waals surface area contributed by atoms with Crippen LogP contribution in [0.3, 0.4) is 0 Å². The van der Waals surface area contributed by atoms with Crippen LogP contribution in [0.4, 0.5) is 0 Å². The average Bonchev–Trinajstić information content (AvgIpc) is 2.55. The molecule has 1 aromatic rings. The first-order valence-corrected chi connectivity index (χ1v) is 14.5. The Morgan fingerprint density at radius 3 is 2.23 bits per heavy atom. The van der Waals surface area contributed by atoms with Crippen LogP contribution in [0.1, 0.15) is 38.2 Å². The van der Waals surface area contributed by atoms with Gasteiger partial charge in [0.1, 0.15) is 0 Å². The Balaban J connectivity index is 2.99. The first-order valence-electron chi connectivity index (χ1n) is 9.41. The van der Waals surface area contributed by atoms with Gasteiger partial charge in [0.15, 0.2) is 0 Å². The predicted octanol–water partition coefficient (Wildman–Crippen LogP) is 4.48. The Hall–Kier alpha value is -0.953. The second-order valence-corrected chi connectivity index (χ2v) is 15.3. The van der Waals surface area contributed by atoms with Gasteiger partial charge in [-0.1, -0.05) is 75.7 Å². The minimum Gasteiger partial charge on any atom is -0.394 e. The van der Waals surface area contributed by atoms with Crippen LogP contribution in [-0.4, -0.2) is 34.2 Å². The van der Waals surface area contributed by atoms with Crippen molar-refractivity contribution in [2.75, 3.05) is 6.61 Å². The number of unbranched alkanes of at least 4 members (excludes halogenated alkanes) is 2. The van der Waals surface area contributed by atoms with E-state index in [-0.39, 0.29) is 17.0 Å². The molecular weight excluding hydrogens is 362 g/mol. The zero-order chi connectivity index (χ0) is 20.0. The van der Waals surface area contributed by atoms with Gasteiger partial charge in [-0.3, -0.25) is 0 Å². The van der Waals surface area contributed by atoms with Crippen LogP contribution in [0.5, 0.6) is 0 Å². The normalized spacial score (nSPS) is 14.8. The summed E-state index contributed by atoms with van der Waals surface area (Å²) >= 11 is 0. The number of hydrogen-bond acceptors (Lipinski definition) is 3. The van der Waals surface area contributed by atoms with Crippen molar-refractivity contribution in [2.24, 2.45) is 0 Å². The van der Waals surface area contributed by atoms with Gasteiger partial charge in [0.2, 0.25) is 10.0 Å². The van der Waals surface area contributed by atoms with Crippen LogP contribution >= 0.6 is 0 Å². The lowest BCUT2D eigenvalue weighted by molar-refractivity contribution is 0.269. The van der Waals surface area contributed by atoms with Crippen LogP contribution < -0.4 is 4.72 Å². The lowest BCUT2D eigenvalue weighted by Gasteiger charge is -2.34. The van der Waals surface area contributed by atoms with E-state index in [1.807, 2.05) is 6.92 Å². The fourth-order valence-electron chi connectivity index (χ4n) is 3.22. The van der Waals surface area contributed by atoms with Crippen LogP contribution in [0.25, 0.3) is 0 Å². The number of sulfonamides is 1. The molecule has 1 aromatic carbocycles. The molecular formula is C20H35NO3SSi. The molecule has 0 amide bonds. The molecule has 26 heavy (non-hydrogen) atoms. The van der Waals surface area contributed by atoms with Gasteiger partial charge in [0.25, 0.3) is 0 Å². The fourth-order valence-corrected chi connectivity index (χ4v) is 6.83. The predicted molar refractivity (Wildman–Crippen MR) is 113 cm³/mol. The highest BCUT2D eigenvalue weighted by atomic mass is 32.2. The maximum atomic E-state index is 12.7. The molecule has 0 aliphatic carbocycles. The van der Waals surface area contributed by atoms with Gasteiger partial charge in [-0.25, -0.2) is 13.1 Å². The maximum absolute atomic E-state index is 12.7. The molecule has 0 heterocycles. The molecule has 0 aliphatic rings. The zero-order valence-electron chi connectivity index (χ0n) is 16.9. The minimum atomic E-state index is -3.69. The monoisotopic (exact) mass is 397 g/mol. The standard InChI is InChI=1S/C20H35NO3SSi/c1-7-8-9-10-20(26(4,5)6)17(3)19(15-22)21-25(23,24)18-13-11-16(2)12-14-18/h11-14,19-22H,3,7-10,15H2,1-2,4-6H3. The Morgan fingerprint density at radius 2 is 1.77 bits per heavy atom. The minimum absolute atomic E-state index is 0.213. The summed E-state index contributed by atoms with van der Waals surface area (Å²) in [4.78, 5) is 0.213. The van der Waals surface area contributed by atoms with Gasteiger partial charge in [-0.2, -0.15) is 0 Å². The summed E-state index contributed by atoms with van der Waals surface area (Å²) in [5.41, 5.74) is 2.09. The van der Waals surface area contributed by atoms with Crippen molar-refractivity contribution in [1.29, 1.82) is 0 Å². The zero-order valence-corrected chi connectivity index (χ0v) is 18.7. The summed E-state index contributed by atoms with van der Waals surface area (Å²) in [5, 5.41) is 9.86. The number of nitrogens with one attached hydrogen (secondary N) is 1. The number of aliphatic hydroxyl groups is 1. The van der Waals surface area contributed by atoms with Crippen molar-refractivity contribution in [3.63, 3.8) is 0 Å². The lowest BCUT2D eigenvalue weighted by Crippen LogP contribution is -2.43. The van der Waals surface area contributed by atoms with E-state index in [1.165, 1.54) is 0 Å². The molecule has 0 aliphatic heterocycles. The number of rotatable bonds is 11. The molecule has 148 valence electrons. The Bertz CT molecular complexity index is 678. The molecule has 0 aromatic heterocycles. The smallest absolute Gasteiger partial charge is 0.241 e. The largest absolute Gasteiger partial charge is 0.394 e. The van der Waals surface area contributed by atoms with Crippen LogP contribution in [0, 0.1) is 6.92 Å². The Morgan fingerprint density at radius 1 is 1.19 bits per heavy atom. The molecule has 2 atom stereocenters. The summed E-state index contributed by atoms with van der Waals surface area (Å²) in [6.07, 6.45) is 4.42. The molecule has 0 saturated carbocycles. The number of hydrogen-bond donors (Lipinski definition) is 2. The summed E-state index contributed by atoms with van der Waals surface area (Å²) in [6.45, 7) is 14.8. The van der Waals surface area contributed by atoms with Gasteiger partial charge < -0.3 is 5.11 Å². The third-order valence-electron chi connectivity index (χ3n) is 4.85. The van der Waals surface area contributed by atoms with Crippen molar-refractivity contribution < 1.29 is 13.5 Å². The third kappa shape index (κ3) is 6.65. The van der Waals surface area contributed by atoms with E-state index in [1.54, 1.807) is 24.3 Å². The van der Waals surface area contributed by atoms with Crippen LogP contribution in [-0.2, 0) is 10.0 Å². The topological polar surface area (TPSA) is 66.4 Å². The van der Waals surface area contributed by atoms with Gasteiger partial charge >= 0.3 is 0 Å². The molecule has 0 radical (unpaired) electrons. The van der Waals surface area contributed by atoms with Gasteiger partial charge in [-0.15, -0.1) is 0 Å². The maximum Gasteiger partial charge on any atom is 0.241 e. The lowest BCUT2D eigenvalue weighted by atomic mass is 10.0. The molecule has 2 unspecified atom stereocenters. The van der Waals surface area contributed by atoms with E-state index in [0.717, 1.165) is 36.8 Å². The molecule has 6 heteroatoms. The molecule has 1 rings (SSSR count). The molecule has 0 spiro atoms. The summed E-state index contributed by atoms with van der Waals surface area (Å²) in [6, 6.07) is 6.07. The highest BCUT2D eigenvalue weighted by Gasteiger charge is 2.33. The fraction of sp³-hybridized carbons (Fsp3) is 0.600. The number of aryl methyl sites for hydroxylation is 1. The van der Waals surface area contributed by atoms with E-state index < -0.39 is 24.1 Å². The highest BCUT2D eigenvalue weighted by molar-refractivity contribution is 7.89. The number of benzene rings is 1. The molecule has 0 fully saturated rings. The van der Waals surface area contributed by atoms with E-state index in [9.17, 15) is 13.5 Å². The SMILES string of the molecule is C=C(C(CO)NS(=O)(=O)c1ccc(C)cc1)C(CCCCC)[Si](C)(C)C. The van der Waals surface area contributed by atoms with Crippen molar-refractivity contribution >= 4 is 18.1 Å². The van der Waals surface area contributed by atoms with Gasteiger partial charge in [0, 0.05) is 0 Å². The second kappa shape index (κ2) is 9.83. The van der Waals surface area contributed by atoms with E-state index in [0.29, 0.717) is 0 Å². The van der Waals surface area contributed by atoms with E-state index >= 15 is 0 Å². The molecule has 0 bridgehead atoms. The average molecular weight is 398 g/mol. The van der Waals surface area contributed by atoms with Crippen molar-refractivity contribution in [3.8, 4) is 0 Å². The Labute approximate surface area is 160 Å². The third-order valence-corrected chi connectivity index (χ3v) is 9.09. The van der Waals surface area contributed by atoms with Crippen LogP contribution in [0.2, 0.25) is 25.2 Å². The second-order valence-electron chi connectivity index (χ2n) is 8.16. The highest BCUT2D eigenvalue weighted by Crippen LogP contribution is 2.36. The summed E-state index contributed by atoms with van der Waals surface area (Å²) in [7, 11) is -5.28. The first kappa shape index (κ1) is 23.1. The van der Waals surface area contributed by atoms with Crippen molar-refractivity contribution in [1.82, 2.24) is 4.72 Å². The van der Waals surface area contributed by atoms with Crippen molar-refractivity contribution in [3.05, 3.63) is 42.0 Å². The Kier molecular flexibility index (Phi) is 8.73. The summed E-state index contributed by atoms with van der Waals surface area (Å²) in [5.74, 6) is 0. The van der Waals surface area contributed by atoms with E-state index in [4.69, 9.17) is 0 Å². The molecule has 0 saturated heterocycles.